The molecule has 168 valence electrons. The molecule has 2 amide bonds. The summed E-state index contributed by atoms with van der Waals surface area (Å²) in [4.78, 5) is 28.7. The molecule has 2 aromatic carbocycles. The van der Waals surface area contributed by atoms with Crippen LogP contribution in [0.4, 0.5) is 5.69 Å². The van der Waals surface area contributed by atoms with Gasteiger partial charge < -0.3 is 19.3 Å². The maximum absolute atomic E-state index is 13.1. The van der Waals surface area contributed by atoms with Gasteiger partial charge in [-0.3, -0.25) is 9.59 Å². The third-order valence-corrected chi connectivity index (χ3v) is 5.96. The lowest BCUT2D eigenvalue weighted by Crippen LogP contribution is -2.35. The number of nitrogens with zero attached hydrogens (tertiary/aromatic N) is 2. The van der Waals surface area contributed by atoms with Gasteiger partial charge in [0.15, 0.2) is 0 Å². The number of ether oxygens (including phenoxy) is 2. The van der Waals surface area contributed by atoms with Crippen LogP contribution in [0.1, 0.15) is 36.8 Å². The van der Waals surface area contributed by atoms with Crippen LogP contribution in [0.15, 0.2) is 54.6 Å². The molecule has 4 rings (SSSR count). The summed E-state index contributed by atoms with van der Waals surface area (Å²) in [6.45, 7) is 2.59. The average molecular weight is 435 g/mol. The molecule has 0 saturated carbocycles. The predicted molar refractivity (Wildman–Crippen MR) is 124 cm³/mol. The number of rotatable bonds is 8. The highest BCUT2D eigenvalue weighted by Gasteiger charge is 2.23. The molecule has 0 N–H and O–H groups in total. The summed E-state index contributed by atoms with van der Waals surface area (Å²) >= 11 is 0. The van der Waals surface area contributed by atoms with Gasteiger partial charge in [-0.15, -0.1) is 0 Å². The minimum absolute atomic E-state index is 0.0536. The Labute approximate surface area is 189 Å². The first-order chi connectivity index (χ1) is 15.6. The first kappa shape index (κ1) is 22.1. The largest absolute Gasteiger partial charge is 0.497 e. The Kier molecular flexibility index (Phi) is 7.22. The summed E-state index contributed by atoms with van der Waals surface area (Å²) in [6, 6.07) is 15.6. The second-order valence-corrected chi connectivity index (χ2v) is 8.28. The second-order valence-electron chi connectivity index (χ2n) is 8.28. The van der Waals surface area contributed by atoms with Crippen molar-refractivity contribution in [3.05, 3.63) is 65.7 Å². The number of methoxy groups -OCH3 is 1. The maximum atomic E-state index is 13.1. The fraction of sp³-hybridized carbons (Fsp3) is 0.385. The Balaban J connectivity index is 1.44. The molecule has 2 aliphatic rings. The summed E-state index contributed by atoms with van der Waals surface area (Å²) in [6.07, 6.45) is 7.05. The minimum Gasteiger partial charge on any atom is -0.497 e. The van der Waals surface area contributed by atoms with Crippen LogP contribution in [0.3, 0.4) is 0 Å². The topological polar surface area (TPSA) is 59.1 Å². The maximum Gasteiger partial charge on any atom is 0.246 e. The van der Waals surface area contributed by atoms with E-state index in [4.69, 9.17) is 9.47 Å². The van der Waals surface area contributed by atoms with E-state index in [1.54, 1.807) is 13.2 Å². The third-order valence-electron chi connectivity index (χ3n) is 5.96. The van der Waals surface area contributed by atoms with E-state index in [-0.39, 0.29) is 17.9 Å². The fourth-order valence-electron chi connectivity index (χ4n) is 4.22. The van der Waals surface area contributed by atoms with E-state index < -0.39 is 0 Å². The number of amides is 2. The molecular weight excluding hydrogens is 404 g/mol. The van der Waals surface area contributed by atoms with E-state index in [1.807, 2.05) is 64.4 Å². The summed E-state index contributed by atoms with van der Waals surface area (Å²) in [5, 5.41) is 0. The van der Waals surface area contributed by atoms with Crippen molar-refractivity contribution >= 4 is 23.6 Å². The highest BCUT2D eigenvalue weighted by molar-refractivity contribution is 5.95. The predicted octanol–water partition coefficient (Wildman–Crippen LogP) is 4.04. The molecule has 2 heterocycles. The summed E-state index contributed by atoms with van der Waals surface area (Å²) in [5.74, 6) is 0.895. The zero-order valence-corrected chi connectivity index (χ0v) is 18.5. The van der Waals surface area contributed by atoms with Crippen molar-refractivity contribution < 1.29 is 19.1 Å². The van der Waals surface area contributed by atoms with Crippen LogP contribution in [0.25, 0.3) is 6.08 Å². The van der Waals surface area contributed by atoms with Gasteiger partial charge in [-0.05, 0) is 60.7 Å². The van der Waals surface area contributed by atoms with Crippen LogP contribution >= 0.6 is 0 Å². The molecule has 32 heavy (non-hydrogen) atoms. The Morgan fingerprint density at radius 3 is 2.75 bits per heavy atom. The van der Waals surface area contributed by atoms with E-state index >= 15 is 0 Å². The van der Waals surface area contributed by atoms with E-state index in [1.165, 1.54) is 0 Å². The molecule has 0 radical (unpaired) electrons. The Bertz CT molecular complexity index is 964. The SMILES string of the molecule is COc1cccc(CN(CC2CCCO2)C(=O)/C=C/c2ccc(N3CCCC3=O)cc2)c1. The van der Waals surface area contributed by atoms with Gasteiger partial charge in [-0.25, -0.2) is 0 Å². The van der Waals surface area contributed by atoms with Crippen molar-refractivity contribution in [2.24, 2.45) is 0 Å². The molecule has 2 fully saturated rings. The molecule has 6 heteroatoms. The highest BCUT2D eigenvalue weighted by Crippen LogP contribution is 2.22. The van der Waals surface area contributed by atoms with Crippen molar-refractivity contribution in [1.82, 2.24) is 4.90 Å². The zero-order valence-electron chi connectivity index (χ0n) is 18.5. The lowest BCUT2D eigenvalue weighted by atomic mass is 10.1. The molecule has 1 unspecified atom stereocenters. The lowest BCUT2D eigenvalue weighted by Gasteiger charge is -2.24. The number of hydrogen-bond donors (Lipinski definition) is 0. The Morgan fingerprint density at radius 1 is 1.22 bits per heavy atom. The average Bonchev–Trinajstić information content (AvgIpc) is 3.49. The normalized spacial score (nSPS) is 18.5. The van der Waals surface area contributed by atoms with Crippen LogP contribution < -0.4 is 9.64 Å². The van der Waals surface area contributed by atoms with E-state index in [0.29, 0.717) is 19.5 Å². The molecule has 2 saturated heterocycles. The van der Waals surface area contributed by atoms with Gasteiger partial charge in [0.2, 0.25) is 11.8 Å². The van der Waals surface area contributed by atoms with Crippen LogP contribution in [-0.2, 0) is 20.9 Å². The summed E-state index contributed by atoms with van der Waals surface area (Å²) in [7, 11) is 1.64. The van der Waals surface area contributed by atoms with E-state index in [2.05, 4.69) is 0 Å². The van der Waals surface area contributed by atoms with Gasteiger partial charge in [-0.1, -0.05) is 24.3 Å². The summed E-state index contributed by atoms with van der Waals surface area (Å²) in [5.41, 5.74) is 2.85. The number of carbonyl (C=O) groups excluding carboxylic acids is 2. The molecule has 0 aliphatic carbocycles. The Morgan fingerprint density at radius 2 is 2.06 bits per heavy atom. The van der Waals surface area contributed by atoms with E-state index in [0.717, 1.165) is 55.0 Å². The van der Waals surface area contributed by atoms with Gasteiger partial charge in [0.25, 0.3) is 0 Å². The molecular formula is C26H30N2O4. The minimum atomic E-state index is -0.0536. The highest BCUT2D eigenvalue weighted by atomic mass is 16.5. The molecule has 0 bridgehead atoms. The molecule has 2 aliphatic heterocycles. The van der Waals surface area contributed by atoms with Gasteiger partial charge in [0.1, 0.15) is 5.75 Å². The standard InChI is InChI=1S/C26H30N2O4/c1-31-23-6-2-5-21(17-23)18-27(19-24-7-4-16-32-24)25(29)14-11-20-9-12-22(13-10-20)28-15-3-8-26(28)30/h2,5-6,9-14,17,24H,3-4,7-8,15-16,18-19H2,1H3/b14-11+. The van der Waals surface area contributed by atoms with Gasteiger partial charge >= 0.3 is 0 Å². The fourth-order valence-corrected chi connectivity index (χ4v) is 4.22. The monoisotopic (exact) mass is 434 g/mol. The number of hydrogen-bond acceptors (Lipinski definition) is 4. The van der Waals surface area contributed by atoms with Crippen molar-refractivity contribution in [2.45, 2.75) is 38.3 Å². The van der Waals surface area contributed by atoms with Gasteiger partial charge in [0, 0.05) is 44.4 Å². The molecule has 6 nitrogen and oxygen atoms in total. The molecule has 1 atom stereocenters. The summed E-state index contributed by atoms with van der Waals surface area (Å²) < 4.78 is 11.1. The molecule has 0 spiro atoms. The van der Waals surface area contributed by atoms with Gasteiger partial charge in [0.05, 0.1) is 13.2 Å². The quantitative estimate of drug-likeness (QED) is 0.589. The Hall–Kier alpha value is -3.12. The third kappa shape index (κ3) is 5.56. The number of benzene rings is 2. The van der Waals surface area contributed by atoms with Gasteiger partial charge in [-0.2, -0.15) is 0 Å². The molecule has 2 aromatic rings. The first-order valence-electron chi connectivity index (χ1n) is 11.2. The number of carbonyl (C=O) groups is 2. The smallest absolute Gasteiger partial charge is 0.246 e. The van der Waals surface area contributed by atoms with Crippen molar-refractivity contribution in [3.8, 4) is 5.75 Å². The lowest BCUT2D eigenvalue weighted by molar-refractivity contribution is -0.128. The van der Waals surface area contributed by atoms with E-state index in [9.17, 15) is 9.59 Å². The molecule has 0 aromatic heterocycles. The van der Waals surface area contributed by atoms with Crippen LogP contribution in [0.2, 0.25) is 0 Å². The zero-order chi connectivity index (χ0) is 22.3. The van der Waals surface area contributed by atoms with Crippen LogP contribution in [-0.4, -0.2) is 49.6 Å². The van der Waals surface area contributed by atoms with Crippen LogP contribution in [0.5, 0.6) is 5.75 Å². The van der Waals surface area contributed by atoms with Crippen molar-refractivity contribution in [2.75, 3.05) is 31.7 Å². The van der Waals surface area contributed by atoms with Crippen molar-refractivity contribution in [1.29, 1.82) is 0 Å². The second kappa shape index (κ2) is 10.5. The van der Waals surface area contributed by atoms with Crippen LogP contribution in [0, 0.1) is 0 Å². The van der Waals surface area contributed by atoms with Crippen molar-refractivity contribution in [3.63, 3.8) is 0 Å². The first-order valence-corrected chi connectivity index (χ1v) is 11.2. The number of anilines is 1.